The van der Waals surface area contributed by atoms with Crippen molar-refractivity contribution >= 4 is 17.4 Å². The highest BCUT2D eigenvalue weighted by molar-refractivity contribution is 6.30. The average Bonchev–Trinajstić information content (AvgIpc) is 2.90. The number of nitrogens with zero attached hydrogens (tertiary/aromatic N) is 1. The van der Waals surface area contributed by atoms with E-state index in [4.69, 9.17) is 26.6 Å². The van der Waals surface area contributed by atoms with Crippen LogP contribution in [0.25, 0.3) is 22.5 Å². The number of rotatable bonds is 3. The molecule has 0 saturated carbocycles. The van der Waals surface area contributed by atoms with Crippen LogP contribution in [0.15, 0.2) is 53.1 Å². The normalized spacial score (nSPS) is 10.6. The van der Waals surface area contributed by atoms with Crippen LogP contribution in [-0.2, 0) is 0 Å². The van der Waals surface area contributed by atoms with Gasteiger partial charge in [-0.2, -0.15) is 0 Å². The van der Waals surface area contributed by atoms with E-state index >= 15 is 0 Å². The number of nitrogen functional groups attached to an aromatic ring is 1. The van der Waals surface area contributed by atoms with Gasteiger partial charge in [-0.25, -0.2) is 0 Å². The topological polar surface area (TPSA) is 61.3 Å². The predicted octanol–water partition coefficient (Wildman–Crippen LogP) is 4.25. The maximum absolute atomic E-state index is 5.95. The summed E-state index contributed by atoms with van der Waals surface area (Å²) >= 11 is 5.91. The Kier molecular flexibility index (Phi) is 3.54. The van der Waals surface area contributed by atoms with Crippen LogP contribution in [0.5, 0.6) is 5.75 Å². The smallest absolute Gasteiger partial charge is 0.176 e. The Balaban J connectivity index is 2.09. The Hall–Kier alpha value is -2.46. The maximum Gasteiger partial charge on any atom is 0.176 e. The van der Waals surface area contributed by atoms with Crippen LogP contribution in [0.3, 0.4) is 0 Å². The predicted molar refractivity (Wildman–Crippen MR) is 83.3 cm³/mol. The summed E-state index contributed by atoms with van der Waals surface area (Å²) in [7, 11) is 1.63. The zero-order chi connectivity index (χ0) is 14.8. The minimum Gasteiger partial charge on any atom is -0.497 e. The quantitative estimate of drug-likeness (QED) is 0.785. The van der Waals surface area contributed by atoms with Gasteiger partial charge in [0, 0.05) is 10.6 Å². The molecule has 106 valence electrons. The standard InChI is InChI=1S/C16H13ClN2O2/c1-20-13-8-4-10(5-9-13)14-15(21-19-16(14)18)11-2-6-12(17)7-3-11/h2-9H,1H3,(H2,18,19). The molecule has 0 fully saturated rings. The first kappa shape index (κ1) is 13.5. The molecule has 0 spiro atoms. The summed E-state index contributed by atoms with van der Waals surface area (Å²) < 4.78 is 10.5. The average molecular weight is 301 g/mol. The third-order valence-electron chi connectivity index (χ3n) is 3.20. The van der Waals surface area contributed by atoms with Gasteiger partial charge in [-0.1, -0.05) is 28.9 Å². The monoisotopic (exact) mass is 300 g/mol. The van der Waals surface area contributed by atoms with Crippen LogP contribution in [0.1, 0.15) is 0 Å². The molecule has 0 atom stereocenters. The van der Waals surface area contributed by atoms with Gasteiger partial charge in [0.15, 0.2) is 11.6 Å². The van der Waals surface area contributed by atoms with Crippen LogP contribution in [-0.4, -0.2) is 12.3 Å². The van der Waals surface area contributed by atoms with Gasteiger partial charge in [-0.05, 0) is 42.0 Å². The van der Waals surface area contributed by atoms with Crippen molar-refractivity contribution in [2.45, 2.75) is 0 Å². The molecular formula is C16H13ClN2O2. The number of hydrogen-bond acceptors (Lipinski definition) is 4. The molecule has 0 aliphatic carbocycles. The summed E-state index contributed by atoms with van der Waals surface area (Å²) in [4.78, 5) is 0. The SMILES string of the molecule is COc1ccc(-c2c(N)noc2-c2ccc(Cl)cc2)cc1. The summed E-state index contributed by atoms with van der Waals surface area (Å²) in [5, 5.41) is 4.54. The van der Waals surface area contributed by atoms with E-state index in [2.05, 4.69) is 5.16 Å². The molecule has 3 aromatic rings. The van der Waals surface area contributed by atoms with Crippen LogP contribution < -0.4 is 10.5 Å². The zero-order valence-electron chi connectivity index (χ0n) is 11.3. The molecule has 0 bridgehead atoms. The van der Waals surface area contributed by atoms with Gasteiger partial charge >= 0.3 is 0 Å². The number of aromatic nitrogens is 1. The molecule has 1 aromatic heterocycles. The highest BCUT2D eigenvalue weighted by Crippen LogP contribution is 2.37. The molecule has 3 rings (SSSR count). The summed E-state index contributed by atoms with van der Waals surface area (Å²) in [6.07, 6.45) is 0. The highest BCUT2D eigenvalue weighted by Gasteiger charge is 2.17. The number of ether oxygens (including phenoxy) is 1. The van der Waals surface area contributed by atoms with Crippen molar-refractivity contribution in [1.29, 1.82) is 0 Å². The van der Waals surface area contributed by atoms with Crippen molar-refractivity contribution in [3.05, 3.63) is 53.6 Å². The van der Waals surface area contributed by atoms with Gasteiger partial charge in [-0.15, -0.1) is 0 Å². The van der Waals surface area contributed by atoms with Gasteiger partial charge in [0.25, 0.3) is 0 Å². The van der Waals surface area contributed by atoms with E-state index in [-0.39, 0.29) is 0 Å². The molecule has 2 N–H and O–H groups in total. The van der Waals surface area contributed by atoms with E-state index in [1.54, 1.807) is 19.2 Å². The molecule has 0 saturated heterocycles. The fourth-order valence-electron chi connectivity index (χ4n) is 2.14. The Morgan fingerprint density at radius 3 is 2.24 bits per heavy atom. The minimum atomic E-state index is 0.352. The maximum atomic E-state index is 5.95. The third kappa shape index (κ3) is 2.58. The Labute approximate surface area is 127 Å². The number of anilines is 1. The van der Waals surface area contributed by atoms with Gasteiger partial charge in [0.1, 0.15) is 5.75 Å². The van der Waals surface area contributed by atoms with Crippen molar-refractivity contribution in [2.24, 2.45) is 0 Å². The molecule has 0 aliphatic heterocycles. The lowest BCUT2D eigenvalue weighted by molar-refractivity contribution is 0.415. The number of methoxy groups -OCH3 is 1. The van der Waals surface area contributed by atoms with E-state index in [0.717, 1.165) is 22.4 Å². The molecule has 2 aromatic carbocycles. The Bertz CT molecular complexity index is 749. The summed E-state index contributed by atoms with van der Waals surface area (Å²) in [6, 6.07) is 14.9. The van der Waals surface area contributed by atoms with Crippen LogP contribution >= 0.6 is 11.6 Å². The summed E-state index contributed by atoms with van der Waals surface area (Å²) in [5.41, 5.74) is 8.50. The van der Waals surface area contributed by atoms with E-state index in [9.17, 15) is 0 Å². The van der Waals surface area contributed by atoms with Crippen LogP contribution in [0, 0.1) is 0 Å². The minimum absolute atomic E-state index is 0.352. The van der Waals surface area contributed by atoms with Crippen molar-refractivity contribution < 1.29 is 9.26 Å². The second-order valence-electron chi connectivity index (χ2n) is 4.51. The summed E-state index contributed by atoms with van der Waals surface area (Å²) in [5.74, 6) is 1.75. The molecule has 21 heavy (non-hydrogen) atoms. The van der Waals surface area contributed by atoms with Crippen molar-refractivity contribution in [1.82, 2.24) is 5.16 Å². The lowest BCUT2D eigenvalue weighted by Crippen LogP contribution is -1.89. The number of benzene rings is 2. The Morgan fingerprint density at radius 1 is 1.00 bits per heavy atom. The number of hydrogen-bond donors (Lipinski definition) is 1. The zero-order valence-corrected chi connectivity index (χ0v) is 12.1. The van der Waals surface area contributed by atoms with Gasteiger partial charge in [-0.3, -0.25) is 0 Å². The second kappa shape index (κ2) is 5.50. The highest BCUT2D eigenvalue weighted by atomic mass is 35.5. The van der Waals surface area contributed by atoms with Gasteiger partial charge < -0.3 is 15.0 Å². The van der Waals surface area contributed by atoms with Gasteiger partial charge in [0.05, 0.1) is 12.7 Å². The Morgan fingerprint density at radius 2 is 1.62 bits per heavy atom. The molecule has 0 unspecified atom stereocenters. The molecular weight excluding hydrogens is 288 g/mol. The molecule has 0 aliphatic rings. The van der Waals surface area contributed by atoms with Gasteiger partial charge in [0.2, 0.25) is 0 Å². The first-order valence-electron chi connectivity index (χ1n) is 6.34. The molecule has 0 amide bonds. The summed E-state index contributed by atoms with van der Waals surface area (Å²) in [6.45, 7) is 0. The first-order valence-corrected chi connectivity index (χ1v) is 6.72. The van der Waals surface area contributed by atoms with Crippen molar-refractivity contribution in [2.75, 3.05) is 12.8 Å². The van der Waals surface area contributed by atoms with Crippen molar-refractivity contribution in [3.8, 4) is 28.2 Å². The fraction of sp³-hybridized carbons (Fsp3) is 0.0625. The number of halogens is 1. The lowest BCUT2D eigenvalue weighted by atomic mass is 10.0. The van der Waals surface area contributed by atoms with Crippen LogP contribution in [0.2, 0.25) is 5.02 Å². The fourth-order valence-corrected chi connectivity index (χ4v) is 2.26. The van der Waals surface area contributed by atoms with E-state index in [1.165, 1.54) is 0 Å². The largest absolute Gasteiger partial charge is 0.497 e. The second-order valence-corrected chi connectivity index (χ2v) is 4.94. The third-order valence-corrected chi connectivity index (χ3v) is 3.46. The van der Waals surface area contributed by atoms with E-state index in [0.29, 0.717) is 16.6 Å². The first-order chi connectivity index (χ1) is 10.2. The van der Waals surface area contributed by atoms with E-state index in [1.807, 2.05) is 36.4 Å². The van der Waals surface area contributed by atoms with E-state index < -0.39 is 0 Å². The molecule has 0 radical (unpaired) electrons. The molecule has 5 heteroatoms. The number of nitrogens with two attached hydrogens (primary N) is 1. The lowest BCUT2D eigenvalue weighted by Gasteiger charge is -2.04. The van der Waals surface area contributed by atoms with Crippen molar-refractivity contribution in [3.63, 3.8) is 0 Å². The molecule has 4 nitrogen and oxygen atoms in total. The van der Waals surface area contributed by atoms with Crippen LogP contribution in [0.4, 0.5) is 5.82 Å². The molecule has 1 heterocycles.